The van der Waals surface area contributed by atoms with E-state index in [-0.39, 0.29) is 5.41 Å². The molecule has 1 aliphatic rings. The molecule has 4 heteroatoms. The molecule has 0 amide bonds. The lowest BCUT2D eigenvalue weighted by Crippen LogP contribution is -2.44. The zero-order valence-electron chi connectivity index (χ0n) is 12.5. The highest BCUT2D eigenvalue weighted by molar-refractivity contribution is 5.29. The summed E-state index contributed by atoms with van der Waals surface area (Å²) in [6.07, 6.45) is 3.65. The van der Waals surface area contributed by atoms with Crippen LogP contribution in [0.2, 0.25) is 0 Å². The summed E-state index contributed by atoms with van der Waals surface area (Å²) in [5.74, 6) is 0.577. The zero-order chi connectivity index (χ0) is 15.3. The van der Waals surface area contributed by atoms with Gasteiger partial charge in [0.2, 0.25) is 5.88 Å². The minimum Gasteiger partial charge on any atom is -0.477 e. The van der Waals surface area contributed by atoms with Crippen LogP contribution in [0.15, 0.2) is 48.7 Å². The SMILES string of the molecule is N#Cc1ccc(OCC2(c3ccccc3)CCNCC2)nc1. The largest absolute Gasteiger partial charge is 0.477 e. The van der Waals surface area contributed by atoms with Gasteiger partial charge in [-0.2, -0.15) is 5.26 Å². The van der Waals surface area contributed by atoms with E-state index in [0.29, 0.717) is 18.1 Å². The predicted octanol–water partition coefficient (Wildman–Crippen LogP) is 2.65. The Morgan fingerprint density at radius 3 is 2.55 bits per heavy atom. The molecule has 0 atom stereocenters. The maximum absolute atomic E-state index is 8.81. The van der Waals surface area contributed by atoms with E-state index in [1.54, 1.807) is 18.3 Å². The highest BCUT2D eigenvalue weighted by Gasteiger charge is 2.34. The lowest BCUT2D eigenvalue weighted by molar-refractivity contribution is 0.171. The first-order valence-electron chi connectivity index (χ1n) is 7.58. The highest BCUT2D eigenvalue weighted by atomic mass is 16.5. The Morgan fingerprint density at radius 2 is 1.91 bits per heavy atom. The Hall–Kier alpha value is -2.38. The number of rotatable bonds is 4. The molecule has 0 spiro atoms. The predicted molar refractivity (Wildman–Crippen MR) is 84.7 cm³/mol. The molecule has 2 aromatic rings. The van der Waals surface area contributed by atoms with Crippen LogP contribution in [0.5, 0.6) is 5.88 Å². The van der Waals surface area contributed by atoms with Crippen molar-refractivity contribution >= 4 is 0 Å². The van der Waals surface area contributed by atoms with Gasteiger partial charge in [-0.15, -0.1) is 0 Å². The zero-order valence-corrected chi connectivity index (χ0v) is 12.5. The van der Waals surface area contributed by atoms with Crippen LogP contribution in [-0.2, 0) is 5.41 Å². The fraction of sp³-hybridized carbons (Fsp3) is 0.333. The molecule has 3 rings (SSSR count). The third kappa shape index (κ3) is 3.10. The number of nitrogens with one attached hydrogen (secondary N) is 1. The van der Waals surface area contributed by atoms with Gasteiger partial charge in [0.25, 0.3) is 0 Å². The quantitative estimate of drug-likeness (QED) is 0.941. The van der Waals surface area contributed by atoms with Crippen molar-refractivity contribution in [3.63, 3.8) is 0 Å². The molecule has 0 radical (unpaired) electrons. The number of nitrogens with zero attached hydrogens (tertiary/aromatic N) is 2. The first kappa shape index (κ1) is 14.6. The van der Waals surface area contributed by atoms with Gasteiger partial charge in [-0.05, 0) is 37.6 Å². The number of ether oxygens (including phenoxy) is 1. The van der Waals surface area contributed by atoms with Crippen molar-refractivity contribution in [2.75, 3.05) is 19.7 Å². The van der Waals surface area contributed by atoms with Crippen LogP contribution >= 0.6 is 0 Å². The number of aromatic nitrogens is 1. The summed E-state index contributed by atoms with van der Waals surface area (Å²) in [6.45, 7) is 2.61. The van der Waals surface area contributed by atoms with Gasteiger partial charge in [0.1, 0.15) is 6.07 Å². The van der Waals surface area contributed by atoms with Gasteiger partial charge in [0, 0.05) is 17.7 Å². The van der Waals surface area contributed by atoms with Crippen LogP contribution in [0, 0.1) is 11.3 Å². The smallest absolute Gasteiger partial charge is 0.213 e. The summed E-state index contributed by atoms with van der Waals surface area (Å²) in [4.78, 5) is 4.20. The molecule has 1 N–H and O–H groups in total. The molecule has 1 aliphatic heterocycles. The molecule has 0 saturated carbocycles. The average molecular weight is 293 g/mol. The van der Waals surface area contributed by atoms with Crippen LogP contribution < -0.4 is 10.1 Å². The van der Waals surface area contributed by atoms with E-state index < -0.39 is 0 Å². The lowest BCUT2D eigenvalue weighted by Gasteiger charge is -2.37. The lowest BCUT2D eigenvalue weighted by atomic mass is 9.74. The van der Waals surface area contributed by atoms with E-state index in [4.69, 9.17) is 10.00 Å². The number of pyridine rings is 1. The number of hydrogen-bond acceptors (Lipinski definition) is 4. The maximum atomic E-state index is 8.81. The molecule has 1 fully saturated rings. The first-order chi connectivity index (χ1) is 10.8. The maximum Gasteiger partial charge on any atom is 0.213 e. The Kier molecular flexibility index (Phi) is 4.36. The molecule has 0 unspecified atom stereocenters. The average Bonchev–Trinajstić information content (AvgIpc) is 2.62. The Morgan fingerprint density at radius 1 is 1.14 bits per heavy atom. The molecule has 0 aliphatic carbocycles. The normalized spacial score (nSPS) is 16.7. The monoisotopic (exact) mass is 293 g/mol. The molecule has 112 valence electrons. The summed E-state index contributed by atoms with van der Waals surface area (Å²) in [6, 6.07) is 16.1. The Balaban J connectivity index is 1.77. The first-order valence-corrected chi connectivity index (χ1v) is 7.58. The van der Waals surface area contributed by atoms with Crippen molar-refractivity contribution in [2.24, 2.45) is 0 Å². The van der Waals surface area contributed by atoms with Crippen molar-refractivity contribution in [3.05, 3.63) is 59.8 Å². The van der Waals surface area contributed by atoms with E-state index in [2.05, 4.69) is 40.6 Å². The summed E-state index contributed by atoms with van der Waals surface area (Å²) < 4.78 is 5.95. The van der Waals surface area contributed by atoms with Crippen LogP contribution in [0.25, 0.3) is 0 Å². The Labute approximate surface area is 130 Å². The third-order valence-corrected chi connectivity index (χ3v) is 4.31. The van der Waals surface area contributed by atoms with E-state index in [0.717, 1.165) is 25.9 Å². The van der Waals surface area contributed by atoms with Crippen LogP contribution in [0.3, 0.4) is 0 Å². The molecule has 1 aromatic carbocycles. The van der Waals surface area contributed by atoms with Crippen molar-refractivity contribution in [3.8, 4) is 11.9 Å². The van der Waals surface area contributed by atoms with Crippen molar-refractivity contribution in [2.45, 2.75) is 18.3 Å². The number of piperidine rings is 1. The van der Waals surface area contributed by atoms with E-state index in [9.17, 15) is 0 Å². The molecular formula is C18H19N3O. The van der Waals surface area contributed by atoms with Gasteiger partial charge in [-0.1, -0.05) is 30.3 Å². The standard InChI is InChI=1S/C18H19N3O/c19-12-15-6-7-17(21-13-15)22-14-18(8-10-20-11-9-18)16-4-2-1-3-5-16/h1-7,13,20H,8-11,14H2. The number of nitriles is 1. The van der Waals surface area contributed by atoms with Gasteiger partial charge in [-0.3, -0.25) is 0 Å². The molecule has 22 heavy (non-hydrogen) atoms. The van der Waals surface area contributed by atoms with Gasteiger partial charge < -0.3 is 10.1 Å². The summed E-state index contributed by atoms with van der Waals surface area (Å²) in [5, 5.41) is 12.2. The molecule has 2 heterocycles. The minimum atomic E-state index is 0.0299. The fourth-order valence-electron chi connectivity index (χ4n) is 2.96. The minimum absolute atomic E-state index is 0.0299. The van der Waals surface area contributed by atoms with E-state index in [1.165, 1.54) is 5.56 Å². The van der Waals surface area contributed by atoms with Crippen LogP contribution in [-0.4, -0.2) is 24.7 Å². The second-order valence-corrected chi connectivity index (χ2v) is 5.68. The van der Waals surface area contributed by atoms with E-state index in [1.807, 2.05) is 6.07 Å². The Bertz CT molecular complexity index is 640. The topological polar surface area (TPSA) is 57.9 Å². The van der Waals surface area contributed by atoms with Crippen molar-refractivity contribution in [1.82, 2.24) is 10.3 Å². The fourth-order valence-corrected chi connectivity index (χ4v) is 2.96. The summed E-state index contributed by atoms with van der Waals surface area (Å²) in [7, 11) is 0. The van der Waals surface area contributed by atoms with Crippen molar-refractivity contribution < 1.29 is 4.74 Å². The van der Waals surface area contributed by atoms with E-state index >= 15 is 0 Å². The molecule has 1 saturated heterocycles. The van der Waals surface area contributed by atoms with Gasteiger partial charge in [-0.25, -0.2) is 4.98 Å². The third-order valence-electron chi connectivity index (χ3n) is 4.31. The molecule has 4 nitrogen and oxygen atoms in total. The van der Waals surface area contributed by atoms with Gasteiger partial charge in [0.05, 0.1) is 12.2 Å². The number of benzene rings is 1. The highest BCUT2D eigenvalue weighted by Crippen LogP contribution is 2.34. The molecule has 0 bridgehead atoms. The van der Waals surface area contributed by atoms with Crippen LogP contribution in [0.1, 0.15) is 24.0 Å². The second-order valence-electron chi connectivity index (χ2n) is 5.68. The molecule has 1 aromatic heterocycles. The van der Waals surface area contributed by atoms with Crippen molar-refractivity contribution in [1.29, 1.82) is 5.26 Å². The van der Waals surface area contributed by atoms with Gasteiger partial charge >= 0.3 is 0 Å². The summed E-state index contributed by atoms with van der Waals surface area (Å²) >= 11 is 0. The van der Waals surface area contributed by atoms with Gasteiger partial charge in [0.15, 0.2) is 0 Å². The second kappa shape index (κ2) is 6.59. The molecular weight excluding hydrogens is 274 g/mol. The van der Waals surface area contributed by atoms with Crippen LogP contribution in [0.4, 0.5) is 0 Å². The summed E-state index contributed by atoms with van der Waals surface area (Å²) in [5.41, 5.74) is 1.90. The number of hydrogen-bond donors (Lipinski definition) is 1.